The second-order valence-corrected chi connectivity index (χ2v) is 5.62. The molecule has 120 valence electrons. The predicted octanol–water partition coefficient (Wildman–Crippen LogP) is 2.38. The van der Waals surface area contributed by atoms with Gasteiger partial charge in [0.2, 0.25) is 0 Å². The van der Waals surface area contributed by atoms with Gasteiger partial charge in [0.1, 0.15) is 11.6 Å². The van der Waals surface area contributed by atoms with E-state index in [1.54, 1.807) is 30.3 Å². The first-order valence-corrected chi connectivity index (χ1v) is 7.48. The van der Waals surface area contributed by atoms with Crippen molar-refractivity contribution in [3.05, 3.63) is 63.9 Å². The summed E-state index contributed by atoms with van der Waals surface area (Å²) in [4.78, 5) is 22.8. The van der Waals surface area contributed by atoms with E-state index < -0.39 is 11.7 Å². The number of primary amides is 1. The Labute approximate surface area is 140 Å². The lowest BCUT2D eigenvalue weighted by atomic mass is 10.1. The second-order valence-electron chi connectivity index (χ2n) is 4.70. The molecule has 2 aromatic carbocycles. The van der Waals surface area contributed by atoms with Gasteiger partial charge in [-0.3, -0.25) is 9.59 Å². The third-order valence-electron chi connectivity index (χ3n) is 2.92. The van der Waals surface area contributed by atoms with Crippen LogP contribution in [0.2, 0.25) is 0 Å². The number of halogens is 2. The van der Waals surface area contributed by atoms with Crippen LogP contribution in [0.5, 0.6) is 5.75 Å². The van der Waals surface area contributed by atoms with Crippen LogP contribution >= 0.6 is 15.9 Å². The van der Waals surface area contributed by atoms with Gasteiger partial charge in [0.25, 0.3) is 11.8 Å². The standard InChI is InChI=1S/C16H14BrFN2O3/c17-12-4-5-14(18)11(6-12)8-20-16(22)10-2-1-3-13(7-10)23-9-15(19)21/h1-7H,8-9H2,(H2,19,21)(H,20,22). The quantitative estimate of drug-likeness (QED) is 0.806. The summed E-state index contributed by atoms with van der Waals surface area (Å²) in [5.41, 5.74) is 5.70. The van der Waals surface area contributed by atoms with Gasteiger partial charge >= 0.3 is 0 Å². The number of hydrogen-bond acceptors (Lipinski definition) is 3. The Kier molecular flexibility index (Phi) is 5.70. The zero-order chi connectivity index (χ0) is 16.8. The van der Waals surface area contributed by atoms with E-state index in [2.05, 4.69) is 21.2 Å². The van der Waals surface area contributed by atoms with Gasteiger partial charge < -0.3 is 15.8 Å². The molecule has 7 heteroatoms. The molecule has 0 unspecified atom stereocenters. The van der Waals surface area contributed by atoms with E-state index >= 15 is 0 Å². The average molecular weight is 381 g/mol. The summed E-state index contributed by atoms with van der Waals surface area (Å²) < 4.78 is 19.5. The number of nitrogens with two attached hydrogens (primary N) is 1. The molecule has 0 fully saturated rings. The summed E-state index contributed by atoms with van der Waals surface area (Å²) in [5, 5.41) is 2.63. The van der Waals surface area contributed by atoms with Crippen LogP contribution in [-0.2, 0) is 11.3 Å². The molecule has 5 nitrogen and oxygen atoms in total. The number of nitrogens with one attached hydrogen (secondary N) is 1. The minimum Gasteiger partial charge on any atom is -0.484 e. The molecular formula is C16H14BrFN2O3. The lowest BCUT2D eigenvalue weighted by Gasteiger charge is -2.09. The molecule has 0 heterocycles. The molecule has 0 aliphatic carbocycles. The van der Waals surface area contributed by atoms with Crippen molar-refractivity contribution >= 4 is 27.7 Å². The molecule has 0 saturated carbocycles. The number of benzene rings is 2. The highest BCUT2D eigenvalue weighted by atomic mass is 79.9. The topological polar surface area (TPSA) is 81.4 Å². The smallest absolute Gasteiger partial charge is 0.255 e. The molecule has 0 saturated heterocycles. The van der Waals surface area contributed by atoms with Gasteiger partial charge in [-0.2, -0.15) is 0 Å². The molecule has 0 aromatic heterocycles. The Morgan fingerprint density at radius 1 is 1.22 bits per heavy atom. The van der Waals surface area contributed by atoms with Gasteiger partial charge in [0.05, 0.1) is 0 Å². The first kappa shape index (κ1) is 17.0. The van der Waals surface area contributed by atoms with Gasteiger partial charge in [0.15, 0.2) is 6.61 Å². The van der Waals surface area contributed by atoms with Crippen molar-refractivity contribution in [2.24, 2.45) is 5.73 Å². The van der Waals surface area contributed by atoms with Crippen LogP contribution in [0.1, 0.15) is 15.9 Å². The summed E-state index contributed by atoms with van der Waals surface area (Å²) in [6, 6.07) is 10.8. The Morgan fingerprint density at radius 3 is 2.74 bits per heavy atom. The average Bonchev–Trinajstić information content (AvgIpc) is 2.53. The SMILES string of the molecule is NC(=O)COc1cccc(C(=O)NCc2cc(Br)ccc2F)c1. The first-order chi connectivity index (χ1) is 11.0. The van der Waals surface area contributed by atoms with Crippen LogP contribution in [0.3, 0.4) is 0 Å². The van der Waals surface area contributed by atoms with Crippen LogP contribution in [0.4, 0.5) is 4.39 Å². The molecule has 0 spiro atoms. The highest BCUT2D eigenvalue weighted by Crippen LogP contribution is 2.16. The third-order valence-corrected chi connectivity index (χ3v) is 3.42. The fourth-order valence-corrected chi connectivity index (χ4v) is 2.25. The lowest BCUT2D eigenvalue weighted by Crippen LogP contribution is -2.23. The lowest BCUT2D eigenvalue weighted by molar-refractivity contribution is -0.119. The molecule has 0 aliphatic heterocycles. The summed E-state index contributed by atoms with van der Waals surface area (Å²) in [5.74, 6) is -1.03. The number of amides is 2. The fourth-order valence-electron chi connectivity index (χ4n) is 1.84. The van der Waals surface area contributed by atoms with Crippen molar-refractivity contribution in [2.75, 3.05) is 6.61 Å². The molecule has 0 aliphatic rings. The van der Waals surface area contributed by atoms with Gasteiger partial charge in [-0.25, -0.2) is 4.39 Å². The van der Waals surface area contributed by atoms with Gasteiger partial charge in [-0.05, 0) is 36.4 Å². The molecule has 0 atom stereocenters. The maximum Gasteiger partial charge on any atom is 0.255 e. The molecule has 0 radical (unpaired) electrons. The highest BCUT2D eigenvalue weighted by molar-refractivity contribution is 9.10. The number of carbonyl (C=O) groups is 2. The van der Waals surface area contributed by atoms with Crippen LogP contribution in [0, 0.1) is 5.82 Å². The van der Waals surface area contributed by atoms with Gasteiger partial charge in [-0.1, -0.05) is 22.0 Å². The molecule has 2 amide bonds. The third kappa shape index (κ3) is 5.07. The molecule has 2 aromatic rings. The zero-order valence-corrected chi connectivity index (χ0v) is 13.6. The van der Waals surface area contributed by atoms with E-state index in [9.17, 15) is 14.0 Å². The predicted molar refractivity (Wildman–Crippen MR) is 86.4 cm³/mol. The Morgan fingerprint density at radius 2 is 2.00 bits per heavy atom. The van der Waals surface area contributed by atoms with Crippen molar-refractivity contribution in [1.29, 1.82) is 0 Å². The van der Waals surface area contributed by atoms with Crippen LogP contribution < -0.4 is 15.8 Å². The van der Waals surface area contributed by atoms with E-state index in [1.165, 1.54) is 12.1 Å². The minimum atomic E-state index is -0.606. The molecule has 2 rings (SSSR count). The first-order valence-electron chi connectivity index (χ1n) is 6.69. The molecule has 0 bridgehead atoms. The summed E-state index contributed by atoms with van der Waals surface area (Å²) >= 11 is 3.25. The van der Waals surface area contributed by atoms with E-state index in [-0.39, 0.29) is 19.1 Å². The van der Waals surface area contributed by atoms with Crippen molar-refractivity contribution in [1.82, 2.24) is 5.32 Å². The van der Waals surface area contributed by atoms with Gasteiger partial charge in [0, 0.05) is 22.1 Å². The maximum atomic E-state index is 13.6. The minimum absolute atomic E-state index is 0.0521. The summed E-state index contributed by atoms with van der Waals surface area (Å²) in [6.45, 7) is -0.217. The van der Waals surface area contributed by atoms with Crippen molar-refractivity contribution < 1.29 is 18.7 Å². The normalized spacial score (nSPS) is 10.2. The monoisotopic (exact) mass is 380 g/mol. The Hall–Kier alpha value is -2.41. The van der Waals surface area contributed by atoms with Gasteiger partial charge in [-0.15, -0.1) is 0 Å². The molecular weight excluding hydrogens is 367 g/mol. The summed E-state index contributed by atoms with van der Waals surface area (Å²) in [6.07, 6.45) is 0. The molecule has 23 heavy (non-hydrogen) atoms. The second kappa shape index (κ2) is 7.73. The number of ether oxygens (including phenoxy) is 1. The van der Waals surface area contributed by atoms with Crippen LogP contribution in [0.25, 0.3) is 0 Å². The van der Waals surface area contributed by atoms with Crippen LogP contribution in [0.15, 0.2) is 46.9 Å². The fraction of sp³-hybridized carbons (Fsp3) is 0.125. The van der Waals surface area contributed by atoms with E-state index in [1.807, 2.05) is 0 Å². The van der Waals surface area contributed by atoms with Crippen molar-refractivity contribution in [3.8, 4) is 5.75 Å². The van der Waals surface area contributed by atoms with Crippen molar-refractivity contribution in [2.45, 2.75) is 6.54 Å². The molecule has 3 N–H and O–H groups in total. The van der Waals surface area contributed by atoms with E-state index in [0.29, 0.717) is 16.9 Å². The largest absolute Gasteiger partial charge is 0.484 e. The Bertz CT molecular complexity index is 737. The number of hydrogen-bond donors (Lipinski definition) is 2. The van der Waals surface area contributed by atoms with E-state index in [4.69, 9.17) is 10.5 Å². The summed E-state index contributed by atoms with van der Waals surface area (Å²) in [7, 11) is 0. The van der Waals surface area contributed by atoms with Crippen LogP contribution in [-0.4, -0.2) is 18.4 Å². The maximum absolute atomic E-state index is 13.6. The van der Waals surface area contributed by atoms with E-state index in [0.717, 1.165) is 4.47 Å². The van der Waals surface area contributed by atoms with Crippen molar-refractivity contribution in [3.63, 3.8) is 0 Å². The zero-order valence-electron chi connectivity index (χ0n) is 12.0. The number of rotatable bonds is 6. The number of carbonyl (C=O) groups excluding carboxylic acids is 2. The Balaban J connectivity index is 2.01. The highest BCUT2D eigenvalue weighted by Gasteiger charge is 2.09.